The van der Waals surface area contributed by atoms with E-state index >= 15 is 0 Å². The Balaban J connectivity index is 1.92. The Bertz CT molecular complexity index is 1040. The first-order valence-electron chi connectivity index (χ1n) is 11.3. The zero-order valence-electron chi connectivity index (χ0n) is 19.1. The van der Waals surface area contributed by atoms with Crippen LogP contribution in [0, 0.1) is 10.8 Å². The van der Waals surface area contributed by atoms with Crippen molar-refractivity contribution in [3.8, 4) is 5.75 Å². The number of amides is 1. The largest absolute Gasteiger partial charge is 0.497 e. The fourth-order valence-corrected chi connectivity index (χ4v) is 5.49. The number of piperidine rings is 1. The number of hydrogen-bond donors (Lipinski definition) is 1. The molecule has 1 aliphatic heterocycles. The normalized spacial score (nSPS) is 28.0. The van der Waals surface area contributed by atoms with E-state index in [1.165, 1.54) is 0 Å². The van der Waals surface area contributed by atoms with E-state index in [-0.39, 0.29) is 26.1 Å². The minimum absolute atomic E-state index is 0.0275. The number of nitrogens with one attached hydrogen (secondary N) is 1. The number of carbonyl (C=O) groups excluding carboxylic acids is 3. The van der Waals surface area contributed by atoms with Crippen molar-refractivity contribution in [2.75, 3.05) is 20.3 Å². The smallest absolute Gasteiger partial charge is 0.321 e. The molecular formula is C26H29NO6. The van der Waals surface area contributed by atoms with Crippen molar-refractivity contribution < 1.29 is 28.6 Å². The van der Waals surface area contributed by atoms with Crippen LogP contribution in [0.15, 0.2) is 54.6 Å². The summed E-state index contributed by atoms with van der Waals surface area (Å²) in [7, 11) is 1.58. The van der Waals surface area contributed by atoms with Crippen LogP contribution in [0.1, 0.15) is 49.8 Å². The van der Waals surface area contributed by atoms with Crippen LogP contribution < -0.4 is 10.1 Å². The first-order chi connectivity index (χ1) is 15.9. The van der Waals surface area contributed by atoms with E-state index in [0.29, 0.717) is 5.75 Å². The Morgan fingerprint density at radius 1 is 0.939 bits per heavy atom. The molecule has 1 saturated carbocycles. The Morgan fingerprint density at radius 3 is 2.18 bits per heavy atom. The quantitative estimate of drug-likeness (QED) is 0.512. The van der Waals surface area contributed by atoms with Gasteiger partial charge in [-0.05, 0) is 49.9 Å². The van der Waals surface area contributed by atoms with Crippen LogP contribution in [0.25, 0.3) is 0 Å². The molecule has 174 valence electrons. The number of benzene rings is 2. The molecule has 2 aliphatic rings. The van der Waals surface area contributed by atoms with Crippen LogP contribution >= 0.6 is 0 Å². The van der Waals surface area contributed by atoms with Gasteiger partial charge in [0.2, 0.25) is 5.91 Å². The third-order valence-electron chi connectivity index (χ3n) is 6.97. The van der Waals surface area contributed by atoms with Gasteiger partial charge in [0.15, 0.2) is 0 Å². The Labute approximate surface area is 193 Å². The van der Waals surface area contributed by atoms with E-state index in [2.05, 4.69) is 5.32 Å². The predicted octanol–water partition coefficient (Wildman–Crippen LogP) is 3.54. The van der Waals surface area contributed by atoms with Gasteiger partial charge in [0, 0.05) is 5.92 Å². The molecular weight excluding hydrogens is 422 g/mol. The van der Waals surface area contributed by atoms with Crippen molar-refractivity contribution in [2.24, 2.45) is 10.8 Å². The molecule has 1 saturated heterocycles. The summed E-state index contributed by atoms with van der Waals surface area (Å²) in [5.74, 6) is -1.19. The Kier molecular flexibility index (Phi) is 6.15. The number of carbonyl (C=O) groups is 3. The first kappa shape index (κ1) is 22.8. The molecule has 7 nitrogen and oxygen atoms in total. The van der Waals surface area contributed by atoms with Crippen LogP contribution in [0.2, 0.25) is 0 Å². The SMILES string of the molecule is CCOC(=O)C12CC(c3ccccc3)C(C(=O)OCC)(C1)C(c1ccc(OC)cc1)NC2=O. The maximum atomic E-state index is 13.7. The van der Waals surface area contributed by atoms with Crippen molar-refractivity contribution in [1.82, 2.24) is 5.32 Å². The Morgan fingerprint density at radius 2 is 1.58 bits per heavy atom. The number of hydrogen-bond acceptors (Lipinski definition) is 6. The number of ether oxygens (including phenoxy) is 3. The highest BCUT2D eigenvalue weighted by atomic mass is 16.5. The van der Waals surface area contributed by atoms with Gasteiger partial charge >= 0.3 is 11.9 Å². The third-order valence-corrected chi connectivity index (χ3v) is 6.97. The van der Waals surface area contributed by atoms with E-state index in [0.717, 1.165) is 11.1 Å². The van der Waals surface area contributed by atoms with Crippen LogP contribution in [0.3, 0.4) is 0 Å². The van der Waals surface area contributed by atoms with E-state index in [9.17, 15) is 14.4 Å². The first-order valence-corrected chi connectivity index (χ1v) is 11.3. The molecule has 1 amide bonds. The highest BCUT2D eigenvalue weighted by molar-refractivity contribution is 6.06. The maximum Gasteiger partial charge on any atom is 0.321 e. The number of methoxy groups -OCH3 is 1. The molecule has 4 atom stereocenters. The van der Waals surface area contributed by atoms with Crippen molar-refractivity contribution >= 4 is 17.8 Å². The van der Waals surface area contributed by atoms with Crippen LogP contribution in [-0.2, 0) is 23.9 Å². The molecule has 4 rings (SSSR count). The number of fused-ring (bicyclic) bond motifs is 2. The average Bonchev–Trinajstić information content (AvgIpc) is 3.17. The highest BCUT2D eigenvalue weighted by Gasteiger charge is 2.72. The standard InChI is InChI=1S/C26H29NO6/c1-4-32-23(29)25-15-20(17-9-7-6-8-10-17)26(16-25,24(30)33-5-2)21(27-22(25)28)18-11-13-19(31-3)14-12-18/h6-14,20-21H,4-5,15-16H2,1-3H3,(H,27,28). The molecule has 33 heavy (non-hydrogen) atoms. The van der Waals surface area contributed by atoms with Crippen LogP contribution in [-0.4, -0.2) is 38.2 Å². The molecule has 0 aromatic heterocycles. The fourth-order valence-electron chi connectivity index (χ4n) is 5.49. The molecule has 1 heterocycles. The maximum absolute atomic E-state index is 13.7. The molecule has 2 aromatic carbocycles. The van der Waals surface area contributed by atoms with Gasteiger partial charge in [-0.1, -0.05) is 42.5 Å². The van der Waals surface area contributed by atoms with Gasteiger partial charge in [-0.3, -0.25) is 14.4 Å². The van der Waals surface area contributed by atoms with Gasteiger partial charge < -0.3 is 19.5 Å². The lowest BCUT2D eigenvalue weighted by Crippen LogP contribution is -2.57. The van der Waals surface area contributed by atoms with Crippen molar-refractivity contribution in [1.29, 1.82) is 0 Å². The third kappa shape index (κ3) is 3.56. The van der Waals surface area contributed by atoms with Crippen LogP contribution in [0.4, 0.5) is 0 Å². The van der Waals surface area contributed by atoms with Gasteiger partial charge in [-0.15, -0.1) is 0 Å². The lowest BCUT2D eigenvalue weighted by atomic mass is 9.65. The van der Waals surface area contributed by atoms with Gasteiger partial charge in [0.1, 0.15) is 16.6 Å². The van der Waals surface area contributed by atoms with Gasteiger partial charge in [0.25, 0.3) is 0 Å². The second-order valence-electron chi connectivity index (χ2n) is 8.59. The zero-order valence-corrected chi connectivity index (χ0v) is 19.1. The summed E-state index contributed by atoms with van der Waals surface area (Å²) in [6.07, 6.45) is 0.201. The second kappa shape index (κ2) is 8.89. The molecule has 4 unspecified atom stereocenters. The molecule has 1 N–H and O–H groups in total. The summed E-state index contributed by atoms with van der Waals surface area (Å²) >= 11 is 0. The lowest BCUT2D eigenvalue weighted by Gasteiger charge is -2.44. The summed E-state index contributed by atoms with van der Waals surface area (Å²) in [5, 5.41) is 3.01. The molecule has 0 radical (unpaired) electrons. The van der Waals surface area contributed by atoms with Gasteiger partial charge in [-0.2, -0.15) is 0 Å². The van der Waals surface area contributed by atoms with Gasteiger partial charge in [-0.25, -0.2) is 0 Å². The summed E-state index contributed by atoms with van der Waals surface area (Å²) in [5.41, 5.74) is -0.997. The molecule has 2 bridgehead atoms. The molecule has 7 heteroatoms. The predicted molar refractivity (Wildman–Crippen MR) is 120 cm³/mol. The van der Waals surface area contributed by atoms with E-state index < -0.39 is 40.6 Å². The summed E-state index contributed by atoms with van der Waals surface area (Å²) in [6, 6.07) is 16.1. The van der Waals surface area contributed by atoms with Crippen molar-refractivity contribution in [3.05, 3.63) is 65.7 Å². The molecule has 0 spiro atoms. The monoisotopic (exact) mass is 451 g/mol. The lowest BCUT2D eigenvalue weighted by molar-refractivity contribution is -0.169. The summed E-state index contributed by atoms with van der Waals surface area (Å²) in [6.45, 7) is 3.80. The molecule has 1 aliphatic carbocycles. The molecule has 2 fully saturated rings. The van der Waals surface area contributed by atoms with Crippen molar-refractivity contribution in [3.63, 3.8) is 0 Å². The minimum Gasteiger partial charge on any atom is -0.497 e. The number of rotatable bonds is 7. The van der Waals surface area contributed by atoms with Gasteiger partial charge in [0.05, 0.1) is 26.4 Å². The number of esters is 2. The zero-order chi connectivity index (χ0) is 23.6. The summed E-state index contributed by atoms with van der Waals surface area (Å²) < 4.78 is 16.2. The minimum atomic E-state index is -1.45. The van der Waals surface area contributed by atoms with E-state index in [1.807, 2.05) is 42.5 Å². The fraction of sp³-hybridized carbons (Fsp3) is 0.423. The second-order valence-corrected chi connectivity index (χ2v) is 8.59. The average molecular weight is 452 g/mol. The van der Waals surface area contributed by atoms with E-state index in [4.69, 9.17) is 14.2 Å². The van der Waals surface area contributed by atoms with E-state index in [1.54, 1.807) is 33.1 Å². The Hall–Kier alpha value is -3.35. The van der Waals surface area contributed by atoms with Crippen LogP contribution in [0.5, 0.6) is 5.75 Å². The topological polar surface area (TPSA) is 90.9 Å². The summed E-state index contributed by atoms with van der Waals surface area (Å²) in [4.78, 5) is 40.4. The highest BCUT2D eigenvalue weighted by Crippen LogP contribution is 2.66. The molecule has 2 aromatic rings. The van der Waals surface area contributed by atoms with Crippen molar-refractivity contribution in [2.45, 2.75) is 38.6 Å².